The molecule has 3 aliphatic rings. The molecule has 0 radical (unpaired) electrons. The highest BCUT2D eigenvalue weighted by molar-refractivity contribution is 7.09. The van der Waals surface area contributed by atoms with Crippen LogP contribution in [0.25, 0.3) is 0 Å². The Morgan fingerprint density at radius 2 is 1.40 bits per heavy atom. The molecule has 1 saturated heterocycles. The number of primary amides is 1. The Hall–Kier alpha value is -8.42. The zero-order valence-corrected chi connectivity index (χ0v) is 62.0. The van der Waals surface area contributed by atoms with Gasteiger partial charge in [-0.05, 0) is 86.0 Å². The van der Waals surface area contributed by atoms with E-state index in [2.05, 4.69) is 42.2 Å². The lowest BCUT2D eigenvalue weighted by molar-refractivity contribution is -0.148. The molecule has 1 aliphatic carbocycles. The lowest BCUT2D eigenvalue weighted by Gasteiger charge is -2.41. The number of nitrogens with two attached hydrogens (primary N) is 1. The molecular formula is C73H108N12O17S. The molecule has 568 valence electrons. The van der Waals surface area contributed by atoms with Crippen molar-refractivity contribution in [1.29, 1.82) is 0 Å². The third-order valence-electron chi connectivity index (χ3n) is 19.1. The Kier molecular flexibility index (Phi) is 34.4. The second kappa shape index (κ2) is 42.4. The summed E-state index contributed by atoms with van der Waals surface area (Å²) >= 11 is 1.47. The molecule has 0 spiro atoms. The van der Waals surface area contributed by atoms with Gasteiger partial charge in [0.1, 0.15) is 35.3 Å². The van der Waals surface area contributed by atoms with Gasteiger partial charge < -0.3 is 81.2 Å². The number of hydrogen-bond donors (Lipinski definition) is 8. The lowest BCUT2D eigenvalue weighted by atomic mass is 9.89. The minimum absolute atomic E-state index is 0.0331. The average molecular weight is 1460 g/mol. The first-order valence-electron chi connectivity index (χ1n) is 35.7. The molecule has 2 aromatic carbocycles. The van der Waals surface area contributed by atoms with Crippen molar-refractivity contribution < 1.29 is 81.2 Å². The molecule has 1 aromatic heterocycles. The van der Waals surface area contributed by atoms with Gasteiger partial charge in [-0.1, -0.05) is 110 Å². The third kappa shape index (κ3) is 25.5. The van der Waals surface area contributed by atoms with Gasteiger partial charge in [0, 0.05) is 70.2 Å². The Morgan fingerprint density at radius 3 is 2.00 bits per heavy atom. The van der Waals surface area contributed by atoms with Crippen molar-refractivity contribution in [3.05, 3.63) is 94.5 Å². The fourth-order valence-corrected chi connectivity index (χ4v) is 13.8. The Bertz CT molecular complexity index is 3270. The van der Waals surface area contributed by atoms with E-state index in [-0.39, 0.29) is 133 Å². The number of aromatic nitrogens is 1. The number of likely N-dealkylation sites (N-methyl/N-ethyl adjacent to an activating group) is 1. The number of rotatable bonds is 44. The van der Waals surface area contributed by atoms with Crippen LogP contribution in [0.4, 0.5) is 15.3 Å². The van der Waals surface area contributed by atoms with Crippen molar-refractivity contribution in [3.8, 4) is 0 Å². The van der Waals surface area contributed by atoms with E-state index >= 15 is 0 Å². The van der Waals surface area contributed by atoms with Crippen LogP contribution in [0.5, 0.6) is 0 Å². The van der Waals surface area contributed by atoms with E-state index in [9.17, 15) is 52.7 Å². The van der Waals surface area contributed by atoms with Crippen LogP contribution in [0, 0.1) is 23.7 Å². The molecule has 103 heavy (non-hydrogen) atoms. The minimum Gasteiger partial charge on any atom is -0.445 e. The minimum atomic E-state index is -1.40. The zero-order valence-electron chi connectivity index (χ0n) is 61.2. The molecule has 3 heterocycles. The molecule has 6 rings (SSSR count). The standard InChI is InChI=1S/C73H108N12O17S/c1-11-48(6)63(56(97-9)44-60(89)84-34-18-22-55(84)64(98-10)49(7)65(90)79-54(68-75-33-42-103-68)43-50-19-13-12-14-20-50)83(8)69(93)62(47(4)5)81-70(94)73(30-15-16-31-73)82-72(96)102-45-51-23-25-52(26-24-51)77-66(91)53(21-17-32-76-71(74)95)78-67(92)61(46(2)3)80-57(86)29-36-99-38-40-101-41-39-100-37-35-85-58(87)27-28-59(85)88/h12-14,19-20,23-28,33,42,46-49,53-56,61-64H,11,15-18,21-22,29-32,34-41,43-45H2,1-10H3,(H,77,91)(H,78,92)(H,79,90)(H,80,86)(H,81,94)(H,82,96)(H3,74,76,95)/t48-,49+,53-,54-,55-,56+,61-,62-,63-,64+/m0/s1. The second-order valence-electron chi connectivity index (χ2n) is 27.1. The Labute approximate surface area is 608 Å². The van der Waals surface area contributed by atoms with Crippen LogP contribution in [-0.4, -0.2) is 213 Å². The molecule has 12 amide bonds. The predicted molar refractivity (Wildman–Crippen MR) is 384 cm³/mol. The number of nitrogens with one attached hydrogen (secondary N) is 7. The number of imide groups is 1. The SMILES string of the molecule is CC[C@H](C)[C@@H]([C@@H](CC(=O)N1CCC[C@H]1[C@H](OC)[C@@H](C)C(=O)N[C@@H](Cc1ccccc1)c1nccs1)OC)N(C)C(=O)[C@@H](NC(=O)C1(NC(=O)OCc2ccc(NC(=O)[C@H](CCCNC(N)=O)NC(=O)[C@@H](NC(=O)CCOCCOCCOCCN3C(=O)C=CC3=O)C(C)C)cc2)CCCC1)C(C)C. The summed E-state index contributed by atoms with van der Waals surface area (Å²) in [6, 6.07) is 10.9. The Balaban J connectivity index is 0.993. The van der Waals surface area contributed by atoms with Crippen LogP contribution in [0.2, 0.25) is 0 Å². The molecule has 9 N–H and O–H groups in total. The predicted octanol–water partition coefficient (Wildman–Crippen LogP) is 5.22. The summed E-state index contributed by atoms with van der Waals surface area (Å²) < 4.78 is 34.3. The number of anilines is 1. The summed E-state index contributed by atoms with van der Waals surface area (Å²) in [5.74, 6) is -5.41. The number of benzene rings is 2. The van der Waals surface area contributed by atoms with Gasteiger partial charge in [0.05, 0.1) is 88.9 Å². The van der Waals surface area contributed by atoms with Gasteiger partial charge in [0.15, 0.2) is 0 Å². The van der Waals surface area contributed by atoms with Gasteiger partial charge in [0.2, 0.25) is 41.4 Å². The molecule has 2 fully saturated rings. The lowest BCUT2D eigenvalue weighted by Crippen LogP contribution is -2.63. The number of thiazole rings is 1. The molecule has 10 atom stereocenters. The Morgan fingerprint density at radius 1 is 0.748 bits per heavy atom. The first kappa shape index (κ1) is 83.5. The number of alkyl carbamates (subject to hydrolysis) is 1. The topological polar surface area (TPSA) is 376 Å². The van der Waals surface area contributed by atoms with Gasteiger partial charge in [-0.2, -0.15) is 0 Å². The van der Waals surface area contributed by atoms with Crippen LogP contribution < -0.4 is 43.0 Å². The third-order valence-corrected chi connectivity index (χ3v) is 20.0. The molecular weight excluding hydrogens is 1350 g/mol. The van der Waals surface area contributed by atoms with E-state index in [1.54, 1.807) is 68.3 Å². The highest BCUT2D eigenvalue weighted by Gasteiger charge is 2.47. The normalized spacial score (nSPS) is 17.5. The number of carbonyl (C=O) groups is 11. The monoisotopic (exact) mass is 1460 g/mol. The first-order chi connectivity index (χ1) is 49.3. The fraction of sp³-hybridized carbons (Fsp3) is 0.616. The van der Waals surface area contributed by atoms with Gasteiger partial charge in [-0.25, -0.2) is 14.6 Å². The highest BCUT2D eigenvalue weighted by Crippen LogP contribution is 2.33. The van der Waals surface area contributed by atoms with Crippen molar-refractivity contribution in [2.24, 2.45) is 29.4 Å². The summed E-state index contributed by atoms with van der Waals surface area (Å²) in [6.45, 7) is 14.5. The number of nitrogens with zero attached hydrogens (tertiary/aromatic N) is 4. The molecule has 3 aromatic rings. The maximum atomic E-state index is 14.9. The summed E-state index contributed by atoms with van der Waals surface area (Å²) in [5, 5.41) is 22.5. The highest BCUT2D eigenvalue weighted by atomic mass is 32.1. The van der Waals surface area contributed by atoms with E-state index in [0.29, 0.717) is 56.3 Å². The number of ether oxygens (including phenoxy) is 6. The molecule has 29 nitrogen and oxygen atoms in total. The van der Waals surface area contributed by atoms with Crippen molar-refractivity contribution in [1.82, 2.24) is 51.6 Å². The molecule has 0 bridgehead atoms. The van der Waals surface area contributed by atoms with Crippen molar-refractivity contribution >= 4 is 82.3 Å². The molecule has 2 aliphatic heterocycles. The van der Waals surface area contributed by atoms with E-state index in [1.165, 1.54) is 30.6 Å². The van der Waals surface area contributed by atoms with Crippen LogP contribution >= 0.6 is 11.3 Å². The van der Waals surface area contributed by atoms with Crippen molar-refractivity contribution in [3.63, 3.8) is 0 Å². The summed E-state index contributed by atoms with van der Waals surface area (Å²) in [5.41, 5.74) is 5.78. The van der Waals surface area contributed by atoms with Gasteiger partial charge >= 0.3 is 12.1 Å². The van der Waals surface area contributed by atoms with E-state index in [1.807, 2.05) is 70.3 Å². The maximum Gasteiger partial charge on any atom is 0.408 e. The van der Waals surface area contributed by atoms with Crippen LogP contribution in [-0.2, 0) is 84.6 Å². The average Bonchev–Trinajstić information content (AvgIpc) is 1.76. The second-order valence-corrected chi connectivity index (χ2v) is 28.0. The number of hydrogen-bond acceptors (Lipinski definition) is 19. The zero-order chi connectivity index (χ0) is 75.2. The molecule has 1 saturated carbocycles. The maximum absolute atomic E-state index is 14.9. The fourth-order valence-electron chi connectivity index (χ4n) is 13.1. The number of likely N-dealkylation sites (tertiary alicyclic amines) is 1. The van der Waals surface area contributed by atoms with Crippen LogP contribution in [0.3, 0.4) is 0 Å². The molecule has 30 heteroatoms. The van der Waals surface area contributed by atoms with Gasteiger partial charge in [-0.15, -0.1) is 11.3 Å². The summed E-state index contributed by atoms with van der Waals surface area (Å²) in [7, 11) is 4.74. The van der Waals surface area contributed by atoms with Crippen molar-refractivity contribution in [2.75, 3.05) is 85.9 Å². The van der Waals surface area contributed by atoms with Gasteiger partial charge in [-0.3, -0.25) is 48.1 Å². The summed E-state index contributed by atoms with van der Waals surface area (Å²) in [4.78, 5) is 156. The number of amides is 12. The smallest absolute Gasteiger partial charge is 0.408 e. The van der Waals surface area contributed by atoms with Crippen molar-refractivity contribution in [2.45, 2.75) is 186 Å². The van der Waals surface area contributed by atoms with Gasteiger partial charge in [0.25, 0.3) is 11.8 Å². The quantitative estimate of drug-likeness (QED) is 0.0266. The first-order valence-corrected chi connectivity index (χ1v) is 36.6. The van der Waals surface area contributed by atoms with E-state index in [0.717, 1.165) is 15.5 Å². The number of carbonyl (C=O) groups excluding carboxylic acids is 11. The number of methoxy groups -OCH3 is 2. The summed E-state index contributed by atoms with van der Waals surface area (Å²) in [6.07, 6.45) is 6.36. The van der Waals surface area contributed by atoms with E-state index < -0.39 is 107 Å². The van der Waals surface area contributed by atoms with E-state index in [4.69, 9.17) is 34.2 Å². The molecule has 0 unspecified atom stereocenters. The number of urea groups is 1. The van der Waals surface area contributed by atoms with Crippen LogP contribution in [0.1, 0.15) is 141 Å². The largest absolute Gasteiger partial charge is 0.445 e. The van der Waals surface area contributed by atoms with Crippen LogP contribution in [0.15, 0.2) is 78.3 Å².